The van der Waals surface area contributed by atoms with E-state index in [0.717, 1.165) is 37.6 Å². The van der Waals surface area contributed by atoms with Gasteiger partial charge in [-0.1, -0.05) is 24.8 Å². The third-order valence-electron chi connectivity index (χ3n) is 3.25. The Hall–Kier alpha value is -1.54. The predicted octanol–water partition coefficient (Wildman–Crippen LogP) is 1.13. The highest BCUT2D eigenvalue weighted by Crippen LogP contribution is 2.14. The number of likely N-dealkylation sites (N-methyl/N-ethyl adjacent to an activating group) is 1. The van der Waals surface area contributed by atoms with E-state index in [9.17, 15) is 0 Å². The van der Waals surface area contributed by atoms with Gasteiger partial charge in [0.25, 0.3) is 0 Å². The summed E-state index contributed by atoms with van der Waals surface area (Å²) in [5.41, 5.74) is 0.844. The van der Waals surface area contributed by atoms with Crippen LogP contribution in [0.4, 0.5) is 0 Å². The monoisotopic (exact) mass is 275 g/mol. The predicted molar refractivity (Wildman–Crippen MR) is 77.8 cm³/mol. The van der Waals surface area contributed by atoms with Crippen molar-refractivity contribution in [2.45, 2.75) is 13.0 Å². The fraction of sp³-hybridized carbons (Fsp3) is 0.500. The average molecular weight is 275 g/mol. The second-order valence-electron chi connectivity index (χ2n) is 4.68. The molecule has 0 spiro atoms. The molecule has 1 unspecified atom stereocenters. The maximum atomic E-state index is 8.69. The van der Waals surface area contributed by atoms with Gasteiger partial charge in [0.1, 0.15) is 25.1 Å². The van der Waals surface area contributed by atoms with Crippen LogP contribution in [0, 0.1) is 11.8 Å². The molecule has 0 saturated carbocycles. The molecule has 1 aromatic rings. The van der Waals surface area contributed by atoms with Crippen LogP contribution < -0.4 is 4.74 Å². The molecule has 1 aliphatic heterocycles. The Morgan fingerprint density at radius 3 is 3.20 bits per heavy atom. The molecule has 0 radical (unpaired) electrons. The van der Waals surface area contributed by atoms with Crippen molar-refractivity contribution in [1.29, 1.82) is 0 Å². The highest BCUT2D eigenvalue weighted by Gasteiger charge is 2.19. The molecule has 1 heterocycles. The Morgan fingerprint density at radius 1 is 1.50 bits per heavy atom. The van der Waals surface area contributed by atoms with Crippen molar-refractivity contribution in [1.82, 2.24) is 4.90 Å². The molecule has 108 valence electrons. The van der Waals surface area contributed by atoms with E-state index in [-0.39, 0.29) is 12.7 Å². The smallest absolute Gasteiger partial charge is 0.120 e. The molecule has 1 aromatic carbocycles. The van der Waals surface area contributed by atoms with E-state index in [4.69, 9.17) is 14.6 Å². The summed E-state index contributed by atoms with van der Waals surface area (Å²) in [5, 5.41) is 8.69. The van der Waals surface area contributed by atoms with Gasteiger partial charge in [0.15, 0.2) is 0 Å². The first-order chi connectivity index (χ1) is 9.81. The molecule has 1 fully saturated rings. The Bertz CT molecular complexity index is 478. The van der Waals surface area contributed by atoms with Crippen molar-refractivity contribution in [3.8, 4) is 17.6 Å². The van der Waals surface area contributed by atoms with Crippen LogP contribution in [-0.2, 0) is 4.74 Å². The minimum atomic E-state index is -0.131. The lowest BCUT2D eigenvalue weighted by atomic mass is 10.2. The molecule has 1 saturated heterocycles. The average Bonchev–Trinajstić information content (AvgIpc) is 2.51. The number of rotatable bonds is 4. The van der Waals surface area contributed by atoms with Crippen LogP contribution in [0.15, 0.2) is 24.3 Å². The molecule has 4 nitrogen and oxygen atoms in total. The van der Waals surface area contributed by atoms with Gasteiger partial charge in [-0.05, 0) is 24.7 Å². The molecule has 1 N–H and O–H groups in total. The minimum absolute atomic E-state index is 0.121. The lowest BCUT2D eigenvalue weighted by Crippen LogP contribution is -2.44. The number of benzene rings is 1. The largest absolute Gasteiger partial charge is 0.491 e. The van der Waals surface area contributed by atoms with Gasteiger partial charge < -0.3 is 14.6 Å². The minimum Gasteiger partial charge on any atom is -0.491 e. The van der Waals surface area contributed by atoms with Crippen LogP contribution in [0.5, 0.6) is 5.75 Å². The second kappa shape index (κ2) is 7.91. The zero-order chi connectivity index (χ0) is 14.2. The summed E-state index contributed by atoms with van der Waals surface area (Å²) in [6.07, 6.45) is 0.121. The molecule has 0 aromatic heterocycles. The van der Waals surface area contributed by atoms with Gasteiger partial charge in [0.05, 0.1) is 6.61 Å². The number of ether oxygens (including phenoxy) is 2. The number of nitrogens with zero attached hydrogens (tertiary/aromatic N) is 1. The van der Waals surface area contributed by atoms with Gasteiger partial charge in [-0.2, -0.15) is 0 Å². The van der Waals surface area contributed by atoms with Crippen molar-refractivity contribution in [3.63, 3.8) is 0 Å². The fourth-order valence-electron chi connectivity index (χ4n) is 2.16. The molecule has 0 aliphatic carbocycles. The number of morpholine rings is 1. The third-order valence-corrected chi connectivity index (χ3v) is 3.25. The lowest BCUT2D eigenvalue weighted by molar-refractivity contribution is -0.0464. The van der Waals surface area contributed by atoms with Gasteiger partial charge in [-0.25, -0.2) is 0 Å². The molecule has 1 atom stereocenters. The van der Waals surface area contributed by atoms with Crippen LogP contribution in [0.3, 0.4) is 0 Å². The molecule has 4 heteroatoms. The summed E-state index contributed by atoms with van der Waals surface area (Å²) in [5.74, 6) is 6.28. The van der Waals surface area contributed by atoms with Crippen molar-refractivity contribution in [2.24, 2.45) is 0 Å². The van der Waals surface area contributed by atoms with E-state index in [1.807, 2.05) is 24.3 Å². The molecular weight excluding hydrogens is 254 g/mol. The Balaban J connectivity index is 1.87. The topological polar surface area (TPSA) is 41.9 Å². The van der Waals surface area contributed by atoms with Gasteiger partial charge in [0.2, 0.25) is 0 Å². The maximum Gasteiger partial charge on any atom is 0.120 e. The van der Waals surface area contributed by atoms with Crippen LogP contribution in [0.1, 0.15) is 12.5 Å². The molecule has 0 bridgehead atoms. The molecule has 0 amide bonds. The summed E-state index contributed by atoms with van der Waals surface area (Å²) in [6, 6.07) is 7.58. The van der Waals surface area contributed by atoms with Gasteiger partial charge in [-0.3, -0.25) is 4.90 Å². The Kier molecular flexibility index (Phi) is 5.87. The summed E-state index contributed by atoms with van der Waals surface area (Å²) in [6.45, 7) is 6.31. The van der Waals surface area contributed by atoms with Crippen LogP contribution in [0.25, 0.3) is 0 Å². The first kappa shape index (κ1) is 14.9. The van der Waals surface area contributed by atoms with Crippen molar-refractivity contribution in [2.75, 3.05) is 39.5 Å². The third kappa shape index (κ3) is 4.53. The summed E-state index contributed by atoms with van der Waals surface area (Å²) < 4.78 is 11.5. The van der Waals surface area contributed by atoms with Crippen LogP contribution in [-0.4, -0.2) is 55.6 Å². The zero-order valence-electron chi connectivity index (χ0n) is 11.8. The van der Waals surface area contributed by atoms with Gasteiger partial charge in [-0.15, -0.1) is 0 Å². The number of hydrogen-bond acceptors (Lipinski definition) is 4. The van der Waals surface area contributed by atoms with E-state index in [1.54, 1.807) is 0 Å². The highest BCUT2D eigenvalue weighted by molar-refractivity contribution is 5.39. The number of hydrogen-bond donors (Lipinski definition) is 1. The number of aliphatic hydroxyl groups is 1. The molecule has 20 heavy (non-hydrogen) atoms. The highest BCUT2D eigenvalue weighted by atomic mass is 16.5. The van der Waals surface area contributed by atoms with E-state index in [2.05, 4.69) is 23.7 Å². The normalized spacial score (nSPS) is 19.2. The first-order valence-electron chi connectivity index (χ1n) is 6.98. The van der Waals surface area contributed by atoms with Crippen molar-refractivity contribution >= 4 is 0 Å². The molecule has 1 aliphatic rings. The fourth-order valence-corrected chi connectivity index (χ4v) is 2.16. The van der Waals surface area contributed by atoms with Crippen LogP contribution >= 0.6 is 0 Å². The van der Waals surface area contributed by atoms with Gasteiger partial charge >= 0.3 is 0 Å². The van der Waals surface area contributed by atoms with Crippen molar-refractivity contribution in [3.05, 3.63) is 29.8 Å². The SMILES string of the molecule is CCN1CCOC(COc2cccc(C#CCO)c2)C1. The quantitative estimate of drug-likeness (QED) is 0.837. The maximum absolute atomic E-state index is 8.69. The van der Waals surface area contributed by atoms with Crippen LogP contribution in [0.2, 0.25) is 0 Å². The van der Waals surface area contributed by atoms with E-state index < -0.39 is 0 Å². The van der Waals surface area contributed by atoms with Gasteiger partial charge in [0, 0.05) is 18.7 Å². The van der Waals surface area contributed by atoms with E-state index in [0.29, 0.717) is 6.61 Å². The Morgan fingerprint density at radius 2 is 2.40 bits per heavy atom. The summed E-state index contributed by atoms with van der Waals surface area (Å²) in [4.78, 5) is 2.36. The summed E-state index contributed by atoms with van der Waals surface area (Å²) >= 11 is 0. The first-order valence-corrected chi connectivity index (χ1v) is 6.98. The van der Waals surface area contributed by atoms with E-state index >= 15 is 0 Å². The Labute approximate surface area is 120 Å². The molecule has 2 rings (SSSR count). The number of aliphatic hydroxyl groups excluding tert-OH is 1. The standard InChI is InChI=1S/C16H21NO3/c1-2-17-8-10-19-16(12-17)13-20-15-7-3-5-14(11-15)6-4-9-18/h3,5,7,11,16,18H,2,8-10,12-13H2,1H3. The zero-order valence-corrected chi connectivity index (χ0v) is 11.8. The second-order valence-corrected chi connectivity index (χ2v) is 4.68. The van der Waals surface area contributed by atoms with E-state index in [1.165, 1.54) is 0 Å². The molecular formula is C16H21NO3. The van der Waals surface area contributed by atoms with Crippen molar-refractivity contribution < 1.29 is 14.6 Å². The summed E-state index contributed by atoms with van der Waals surface area (Å²) in [7, 11) is 0. The lowest BCUT2D eigenvalue weighted by Gasteiger charge is -2.31.